The Balaban J connectivity index is 1.84. The molecule has 0 saturated carbocycles. The molecule has 1 aliphatic carbocycles. The van der Waals surface area contributed by atoms with Crippen molar-refractivity contribution in [2.24, 2.45) is 0 Å². The average molecular weight is 282 g/mol. The van der Waals surface area contributed by atoms with Crippen molar-refractivity contribution in [3.05, 3.63) is 35.0 Å². The molecule has 0 N–H and O–H groups in total. The zero-order chi connectivity index (χ0) is 14.4. The van der Waals surface area contributed by atoms with Crippen LogP contribution in [0.25, 0.3) is 10.9 Å². The zero-order valence-corrected chi connectivity index (χ0v) is 13.4. The van der Waals surface area contributed by atoms with Crippen molar-refractivity contribution in [1.29, 1.82) is 0 Å². The molecule has 0 bridgehead atoms. The van der Waals surface area contributed by atoms with E-state index in [2.05, 4.69) is 41.5 Å². The van der Waals surface area contributed by atoms with Gasteiger partial charge in [-0.05, 0) is 56.8 Å². The number of benzene rings is 1. The van der Waals surface area contributed by atoms with Crippen LogP contribution in [0, 0.1) is 6.92 Å². The summed E-state index contributed by atoms with van der Waals surface area (Å²) in [5.41, 5.74) is 6.19. The van der Waals surface area contributed by atoms with E-state index in [1.165, 1.54) is 68.2 Å². The number of fused-ring (bicyclic) bond motifs is 3. The van der Waals surface area contributed by atoms with Crippen molar-refractivity contribution < 1.29 is 0 Å². The summed E-state index contributed by atoms with van der Waals surface area (Å²) in [6, 6.07) is 7.72. The Bertz CT molecular complexity index is 668. The van der Waals surface area contributed by atoms with E-state index in [4.69, 9.17) is 0 Å². The molecule has 1 aromatic heterocycles. The first kappa shape index (κ1) is 13.4. The number of aryl methyl sites for hydroxylation is 2. The van der Waals surface area contributed by atoms with Gasteiger partial charge < -0.3 is 4.57 Å². The van der Waals surface area contributed by atoms with Crippen LogP contribution >= 0.6 is 0 Å². The first-order valence-electron chi connectivity index (χ1n) is 8.65. The van der Waals surface area contributed by atoms with Crippen molar-refractivity contribution in [2.75, 3.05) is 13.1 Å². The Labute approximate surface area is 127 Å². The first-order valence-corrected chi connectivity index (χ1v) is 8.65. The van der Waals surface area contributed by atoms with Crippen LogP contribution in [0.2, 0.25) is 0 Å². The molecular weight excluding hydrogens is 256 g/mol. The Morgan fingerprint density at radius 1 is 1.24 bits per heavy atom. The van der Waals surface area contributed by atoms with Gasteiger partial charge in [-0.3, -0.25) is 4.90 Å². The van der Waals surface area contributed by atoms with E-state index >= 15 is 0 Å². The maximum absolute atomic E-state index is 2.76. The lowest BCUT2D eigenvalue weighted by molar-refractivity contribution is 0.139. The van der Waals surface area contributed by atoms with E-state index in [0.717, 1.165) is 0 Å². The maximum Gasteiger partial charge on any atom is 0.0504 e. The van der Waals surface area contributed by atoms with Crippen LogP contribution in [0.15, 0.2) is 18.2 Å². The predicted molar refractivity (Wildman–Crippen MR) is 88.8 cm³/mol. The SMILES string of the molecule is CCCCN1CCn2c3c(c4cc(C)ccc42)CCCC31. The molecule has 2 heterocycles. The van der Waals surface area contributed by atoms with Gasteiger partial charge in [0.05, 0.1) is 6.04 Å². The van der Waals surface area contributed by atoms with Gasteiger partial charge in [-0.15, -0.1) is 0 Å². The molecule has 112 valence electrons. The molecule has 1 atom stereocenters. The summed E-state index contributed by atoms with van der Waals surface area (Å²) in [6.45, 7) is 8.21. The van der Waals surface area contributed by atoms with Crippen LogP contribution in [-0.4, -0.2) is 22.6 Å². The van der Waals surface area contributed by atoms with Crippen molar-refractivity contribution in [3.8, 4) is 0 Å². The van der Waals surface area contributed by atoms with Gasteiger partial charge in [0, 0.05) is 29.7 Å². The molecule has 1 aliphatic heterocycles. The van der Waals surface area contributed by atoms with Crippen LogP contribution in [0.3, 0.4) is 0 Å². The second-order valence-corrected chi connectivity index (χ2v) is 6.83. The second-order valence-electron chi connectivity index (χ2n) is 6.83. The van der Waals surface area contributed by atoms with Crippen LogP contribution < -0.4 is 0 Å². The fourth-order valence-corrected chi connectivity index (χ4v) is 4.42. The van der Waals surface area contributed by atoms with Crippen molar-refractivity contribution in [2.45, 2.75) is 58.5 Å². The number of unbranched alkanes of at least 4 members (excludes halogenated alkanes) is 1. The topological polar surface area (TPSA) is 8.17 Å². The van der Waals surface area contributed by atoms with Crippen LogP contribution in [-0.2, 0) is 13.0 Å². The minimum atomic E-state index is 0.682. The Kier molecular flexibility index (Phi) is 3.30. The highest BCUT2D eigenvalue weighted by Gasteiger charge is 2.34. The molecule has 0 saturated heterocycles. The van der Waals surface area contributed by atoms with Gasteiger partial charge in [-0.1, -0.05) is 25.0 Å². The summed E-state index contributed by atoms with van der Waals surface area (Å²) >= 11 is 0. The third-order valence-electron chi connectivity index (χ3n) is 5.44. The van der Waals surface area contributed by atoms with Crippen molar-refractivity contribution in [3.63, 3.8) is 0 Å². The van der Waals surface area contributed by atoms with Gasteiger partial charge in [0.15, 0.2) is 0 Å². The Morgan fingerprint density at radius 3 is 3.00 bits per heavy atom. The van der Waals surface area contributed by atoms with Gasteiger partial charge in [-0.2, -0.15) is 0 Å². The average Bonchev–Trinajstić information content (AvgIpc) is 2.82. The first-order chi connectivity index (χ1) is 10.3. The zero-order valence-electron chi connectivity index (χ0n) is 13.4. The molecule has 1 aromatic carbocycles. The summed E-state index contributed by atoms with van der Waals surface area (Å²) in [5.74, 6) is 0. The fourth-order valence-electron chi connectivity index (χ4n) is 4.42. The Hall–Kier alpha value is -1.28. The number of rotatable bonds is 3. The van der Waals surface area contributed by atoms with Crippen LogP contribution in [0.4, 0.5) is 0 Å². The van der Waals surface area contributed by atoms with E-state index in [1.807, 2.05) is 0 Å². The summed E-state index contributed by atoms with van der Waals surface area (Å²) in [4.78, 5) is 2.76. The van der Waals surface area contributed by atoms with E-state index in [0.29, 0.717) is 6.04 Å². The minimum absolute atomic E-state index is 0.682. The lowest BCUT2D eigenvalue weighted by Crippen LogP contribution is -2.40. The van der Waals surface area contributed by atoms with Gasteiger partial charge in [0.2, 0.25) is 0 Å². The molecule has 2 heteroatoms. The van der Waals surface area contributed by atoms with Gasteiger partial charge in [0.25, 0.3) is 0 Å². The molecule has 2 nitrogen and oxygen atoms in total. The monoisotopic (exact) mass is 282 g/mol. The van der Waals surface area contributed by atoms with Gasteiger partial charge in [0.1, 0.15) is 0 Å². The summed E-state index contributed by atoms with van der Waals surface area (Å²) in [5, 5.41) is 1.53. The number of nitrogens with zero attached hydrogens (tertiary/aromatic N) is 2. The van der Waals surface area contributed by atoms with Crippen molar-refractivity contribution >= 4 is 10.9 Å². The van der Waals surface area contributed by atoms with Crippen molar-refractivity contribution in [1.82, 2.24) is 9.47 Å². The third-order valence-corrected chi connectivity index (χ3v) is 5.44. The highest BCUT2D eigenvalue weighted by molar-refractivity contribution is 5.87. The summed E-state index contributed by atoms with van der Waals surface area (Å²) < 4.78 is 2.64. The van der Waals surface area contributed by atoms with Crippen LogP contribution in [0.5, 0.6) is 0 Å². The predicted octanol–water partition coefficient (Wildman–Crippen LogP) is 4.44. The van der Waals surface area contributed by atoms with Gasteiger partial charge >= 0.3 is 0 Å². The van der Waals surface area contributed by atoms with Crippen LogP contribution in [0.1, 0.15) is 55.5 Å². The molecule has 2 aromatic rings. The normalized spacial score (nSPS) is 21.7. The molecule has 4 rings (SSSR count). The number of aromatic nitrogens is 1. The minimum Gasteiger partial charge on any atom is -0.342 e. The molecule has 0 amide bonds. The largest absolute Gasteiger partial charge is 0.342 e. The smallest absolute Gasteiger partial charge is 0.0504 e. The highest BCUT2D eigenvalue weighted by Crippen LogP contribution is 2.42. The molecule has 0 radical (unpaired) electrons. The number of hydrogen-bond donors (Lipinski definition) is 0. The number of hydrogen-bond acceptors (Lipinski definition) is 1. The highest BCUT2D eigenvalue weighted by atomic mass is 15.2. The second kappa shape index (κ2) is 5.17. The van der Waals surface area contributed by atoms with E-state index in [-0.39, 0.29) is 0 Å². The molecular formula is C19H26N2. The molecule has 2 aliphatic rings. The van der Waals surface area contributed by atoms with E-state index in [9.17, 15) is 0 Å². The molecule has 0 spiro atoms. The van der Waals surface area contributed by atoms with Gasteiger partial charge in [-0.25, -0.2) is 0 Å². The standard InChI is InChI=1S/C19H26N2/c1-3-4-10-20-11-12-21-17-9-8-14(2)13-16(17)15-6-5-7-18(20)19(15)21/h8-9,13,18H,3-7,10-12H2,1-2H3. The Morgan fingerprint density at radius 2 is 2.14 bits per heavy atom. The maximum atomic E-state index is 2.76. The van der Waals surface area contributed by atoms with E-state index < -0.39 is 0 Å². The summed E-state index contributed by atoms with van der Waals surface area (Å²) in [7, 11) is 0. The molecule has 0 fully saturated rings. The lowest BCUT2D eigenvalue weighted by Gasteiger charge is -2.40. The molecule has 21 heavy (non-hydrogen) atoms. The quantitative estimate of drug-likeness (QED) is 0.808. The third kappa shape index (κ3) is 2.03. The lowest BCUT2D eigenvalue weighted by atomic mass is 9.89. The molecule has 1 unspecified atom stereocenters. The summed E-state index contributed by atoms with van der Waals surface area (Å²) in [6.07, 6.45) is 6.63. The fraction of sp³-hybridized carbons (Fsp3) is 0.579. The van der Waals surface area contributed by atoms with E-state index in [1.54, 1.807) is 11.3 Å².